The molecule has 0 fully saturated rings. The SMILES string of the molecule is CC1(C)c2ccccc2N(CC(=O)Nc2ccccc2)[C@]12C=Cc1ccccc1O2. The molecule has 0 saturated carbocycles. The number of para-hydroxylation sites is 3. The summed E-state index contributed by atoms with van der Waals surface area (Å²) in [6.07, 6.45) is 4.21. The Morgan fingerprint density at radius 2 is 1.63 bits per heavy atom. The Hall–Kier alpha value is -3.53. The third-order valence-corrected chi connectivity index (χ3v) is 6.20. The molecule has 0 saturated heterocycles. The molecule has 5 rings (SSSR count). The van der Waals surface area contributed by atoms with Gasteiger partial charge in [-0.2, -0.15) is 0 Å². The lowest BCUT2D eigenvalue weighted by atomic mass is 9.76. The third-order valence-electron chi connectivity index (χ3n) is 6.20. The molecular weight excluding hydrogens is 372 g/mol. The van der Waals surface area contributed by atoms with E-state index in [0.717, 1.165) is 22.7 Å². The van der Waals surface area contributed by atoms with E-state index in [1.807, 2.05) is 66.7 Å². The van der Waals surface area contributed by atoms with Crippen molar-refractivity contribution in [2.45, 2.75) is 25.0 Å². The number of benzene rings is 3. The average molecular weight is 396 g/mol. The molecule has 2 heterocycles. The van der Waals surface area contributed by atoms with Crippen LogP contribution in [-0.2, 0) is 10.2 Å². The second-order valence-electron chi connectivity index (χ2n) is 8.31. The van der Waals surface area contributed by atoms with E-state index in [1.165, 1.54) is 5.56 Å². The number of anilines is 2. The van der Waals surface area contributed by atoms with E-state index in [9.17, 15) is 4.79 Å². The molecule has 30 heavy (non-hydrogen) atoms. The molecule has 0 unspecified atom stereocenters. The van der Waals surface area contributed by atoms with Gasteiger partial charge in [0.1, 0.15) is 12.3 Å². The third kappa shape index (κ3) is 2.71. The Kier molecular flexibility index (Phi) is 4.17. The van der Waals surface area contributed by atoms with Crippen LogP contribution >= 0.6 is 0 Å². The van der Waals surface area contributed by atoms with E-state index in [1.54, 1.807) is 0 Å². The van der Waals surface area contributed by atoms with Gasteiger partial charge in [0.15, 0.2) is 0 Å². The summed E-state index contributed by atoms with van der Waals surface area (Å²) >= 11 is 0. The lowest BCUT2D eigenvalue weighted by Gasteiger charge is -2.46. The quantitative estimate of drug-likeness (QED) is 0.660. The zero-order valence-electron chi connectivity index (χ0n) is 17.1. The number of nitrogens with one attached hydrogen (secondary N) is 1. The highest BCUT2D eigenvalue weighted by Crippen LogP contribution is 2.54. The number of hydrogen-bond donors (Lipinski definition) is 1. The first-order valence-corrected chi connectivity index (χ1v) is 10.2. The zero-order chi connectivity index (χ0) is 20.8. The molecule has 0 aromatic heterocycles. The van der Waals surface area contributed by atoms with Crippen LogP contribution < -0.4 is 15.0 Å². The summed E-state index contributed by atoms with van der Waals surface area (Å²) in [6.45, 7) is 4.54. The van der Waals surface area contributed by atoms with E-state index in [0.29, 0.717) is 0 Å². The standard InChI is InChI=1S/C26H24N2O2/c1-25(2)21-13-7-8-14-22(21)28(18-24(29)27-20-11-4-3-5-12-20)26(25)17-16-19-10-6-9-15-23(19)30-26/h3-17H,18H2,1-2H3,(H,27,29)/t26-/m0/s1. The summed E-state index contributed by atoms with van der Waals surface area (Å²) in [5.74, 6) is 0.748. The summed E-state index contributed by atoms with van der Waals surface area (Å²) in [7, 11) is 0. The van der Waals surface area contributed by atoms with Crippen LogP contribution in [0.2, 0.25) is 0 Å². The molecule has 1 N–H and O–H groups in total. The molecular formula is C26H24N2O2. The van der Waals surface area contributed by atoms with Crippen LogP contribution in [0.1, 0.15) is 25.0 Å². The number of hydrogen-bond acceptors (Lipinski definition) is 3. The first-order chi connectivity index (χ1) is 14.5. The van der Waals surface area contributed by atoms with E-state index in [-0.39, 0.29) is 17.9 Å². The molecule has 2 aliphatic rings. The maximum atomic E-state index is 13.0. The van der Waals surface area contributed by atoms with Crippen LogP contribution in [0.25, 0.3) is 6.08 Å². The molecule has 1 spiro atoms. The first kappa shape index (κ1) is 18.5. The van der Waals surface area contributed by atoms with Crippen molar-refractivity contribution < 1.29 is 9.53 Å². The molecule has 3 aromatic rings. The number of fused-ring (bicyclic) bond motifs is 2. The smallest absolute Gasteiger partial charge is 0.244 e. The van der Waals surface area contributed by atoms with Crippen molar-refractivity contribution in [3.8, 4) is 5.75 Å². The Balaban J connectivity index is 1.56. The fourth-order valence-corrected chi connectivity index (χ4v) is 4.61. The van der Waals surface area contributed by atoms with Crippen molar-refractivity contribution in [1.29, 1.82) is 0 Å². The number of nitrogens with zero attached hydrogens (tertiary/aromatic N) is 1. The Bertz CT molecular complexity index is 1140. The average Bonchev–Trinajstić information content (AvgIpc) is 2.93. The van der Waals surface area contributed by atoms with E-state index in [2.05, 4.69) is 48.3 Å². The lowest BCUT2D eigenvalue weighted by molar-refractivity contribution is -0.115. The first-order valence-electron chi connectivity index (χ1n) is 10.2. The summed E-state index contributed by atoms with van der Waals surface area (Å²) in [4.78, 5) is 15.1. The molecule has 3 aromatic carbocycles. The van der Waals surface area contributed by atoms with Crippen molar-refractivity contribution in [2.24, 2.45) is 0 Å². The van der Waals surface area contributed by atoms with Gasteiger partial charge in [-0.3, -0.25) is 4.79 Å². The normalized spacial score (nSPS) is 20.4. The number of amides is 1. The minimum atomic E-state index is -0.793. The van der Waals surface area contributed by atoms with Gasteiger partial charge in [-0.1, -0.05) is 54.6 Å². The van der Waals surface area contributed by atoms with Crippen LogP contribution in [0.3, 0.4) is 0 Å². The van der Waals surface area contributed by atoms with Gasteiger partial charge in [-0.25, -0.2) is 0 Å². The summed E-state index contributed by atoms with van der Waals surface area (Å²) in [5, 5.41) is 3.01. The Labute approximate surface area is 176 Å². The maximum absolute atomic E-state index is 13.0. The van der Waals surface area contributed by atoms with Crippen LogP contribution in [-0.4, -0.2) is 18.2 Å². The highest BCUT2D eigenvalue weighted by Gasteiger charge is 2.59. The van der Waals surface area contributed by atoms with Gasteiger partial charge in [-0.05, 0) is 55.8 Å². The topological polar surface area (TPSA) is 41.6 Å². The van der Waals surface area contributed by atoms with Crippen molar-refractivity contribution in [2.75, 3.05) is 16.8 Å². The molecule has 2 aliphatic heterocycles. The van der Waals surface area contributed by atoms with Crippen molar-refractivity contribution in [3.05, 3.63) is 96.1 Å². The number of rotatable bonds is 3. The fourth-order valence-electron chi connectivity index (χ4n) is 4.61. The summed E-state index contributed by atoms with van der Waals surface area (Å²) in [6, 6.07) is 25.8. The molecule has 150 valence electrons. The van der Waals surface area contributed by atoms with Crippen molar-refractivity contribution in [3.63, 3.8) is 0 Å². The lowest BCUT2D eigenvalue weighted by Crippen LogP contribution is -2.61. The van der Waals surface area contributed by atoms with Gasteiger partial charge in [0.2, 0.25) is 11.6 Å². The highest BCUT2D eigenvalue weighted by atomic mass is 16.5. The number of ether oxygens (including phenoxy) is 1. The van der Waals surface area contributed by atoms with Gasteiger partial charge in [0.25, 0.3) is 0 Å². The monoisotopic (exact) mass is 396 g/mol. The molecule has 4 heteroatoms. The summed E-state index contributed by atoms with van der Waals surface area (Å²) in [5.41, 5.74) is 2.87. The molecule has 0 radical (unpaired) electrons. The Morgan fingerprint density at radius 1 is 0.933 bits per heavy atom. The molecule has 1 amide bonds. The second kappa shape index (κ2) is 6.77. The maximum Gasteiger partial charge on any atom is 0.244 e. The van der Waals surface area contributed by atoms with Gasteiger partial charge < -0.3 is 15.0 Å². The van der Waals surface area contributed by atoms with Crippen LogP contribution in [0.15, 0.2) is 84.9 Å². The van der Waals surface area contributed by atoms with Crippen LogP contribution in [0.5, 0.6) is 5.75 Å². The molecule has 4 nitrogen and oxygen atoms in total. The van der Waals surface area contributed by atoms with E-state index >= 15 is 0 Å². The highest BCUT2D eigenvalue weighted by molar-refractivity contribution is 5.95. The predicted octanol–water partition coefficient (Wildman–Crippen LogP) is 5.23. The van der Waals surface area contributed by atoms with Crippen LogP contribution in [0.4, 0.5) is 11.4 Å². The molecule has 1 atom stereocenters. The van der Waals surface area contributed by atoms with Crippen LogP contribution in [0, 0.1) is 0 Å². The van der Waals surface area contributed by atoms with Crippen molar-refractivity contribution >= 4 is 23.4 Å². The van der Waals surface area contributed by atoms with Gasteiger partial charge in [0.05, 0.1) is 5.41 Å². The largest absolute Gasteiger partial charge is 0.463 e. The molecule has 0 bridgehead atoms. The van der Waals surface area contributed by atoms with E-state index < -0.39 is 5.72 Å². The van der Waals surface area contributed by atoms with Gasteiger partial charge in [0, 0.05) is 16.9 Å². The van der Waals surface area contributed by atoms with Crippen molar-refractivity contribution in [1.82, 2.24) is 0 Å². The number of carbonyl (C=O) groups is 1. The Morgan fingerprint density at radius 3 is 2.47 bits per heavy atom. The zero-order valence-corrected chi connectivity index (χ0v) is 17.1. The minimum absolute atomic E-state index is 0.0797. The number of carbonyl (C=O) groups excluding carboxylic acids is 1. The van der Waals surface area contributed by atoms with E-state index in [4.69, 9.17) is 4.74 Å². The molecule has 0 aliphatic carbocycles. The summed E-state index contributed by atoms with van der Waals surface area (Å²) < 4.78 is 6.70. The minimum Gasteiger partial charge on any atom is -0.463 e. The second-order valence-corrected chi connectivity index (χ2v) is 8.31. The fraction of sp³-hybridized carbons (Fsp3) is 0.192. The predicted molar refractivity (Wildman–Crippen MR) is 121 cm³/mol. The van der Waals surface area contributed by atoms with Gasteiger partial charge >= 0.3 is 0 Å². The van der Waals surface area contributed by atoms with Gasteiger partial charge in [-0.15, -0.1) is 0 Å².